The van der Waals surface area contributed by atoms with E-state index in [0.29, 0.717) is 11.7 Å². The van der Waals surface area contributed by atoms with Gasteiger partial charge >= 0.3 is 0 Å². The smallest absolute Gasteiger partial charge is 0.226 e. The molecule has 0 radical (unpaired) electrons. The summed E-state index contributed by atoms with van der Waals surface area (Å²) in [6.07, 6.45) is 5.17. The molecular formula is C27H58N4O2. The van der Waals surface area contributed by atoms with Crippen LogP contribution in [0.3, 0.4) is 0 Å². The first-order chi connectivity index (χ1) is 32.0. The Kier molecular flexibility index (Phi) is 2.30. The maximum atomic E-state index is 12.8. The second-order valence-electron chi connectivity index (χ2n) is 8.90. The highest BCUT2D eigenvalue weighted by molar-refractivity contribution is 6.00. The van der Waals surface area contributed by atoms with Gasteiger partial charge in [0.1, 0.15) is 0 Å². The Hall–Kier alpha value is -3.85. The number of carbonyl (C=O) groups excluding carboxylic acids is 1. The van der Waals surface area contributed by atoms with Gasteiger partial charge in [0.2, 0.25) is 11.6 Å². The molecule has 0 unspecified atom stereocenters. The van der Waals surface area contributed by atoms with Gasteiger partial charge in [0.05, 0.1) is 25.1 Å². The number of rotatable bonds is 3. The standard InChI is InChI=1S/C27H24N4O2.17H2/c1-16-20-11-10-19-23(17-8-6-5-7-9-17)30-26(18-12-13-29-22(14-18)33-4)31-25(19)27(20,2)15-21(28-3)24(16)32;;;;;;;;;;;;;;;;;/h5-9,12-16,20H,10-11H2,1-2,4H3;17*1H/t16-,20-,27-;;;;;;;;;;;;;;;;;/m1................./s1/i;16*1+2T;1+2. The van der Waals surface area contributed by atoms with Crippen LogP contribution < -0.4 is 4.74 Å². The number of ketones is 1. The molecule has 0 bridgehead atoms. The largest absolute Gasteiger partial charge is 0.481 e. The van der Waals surface area contributed by atoms with Crippen LogP contribution in [0.25, 0.3) is 27.5 Å². The van der Waals surface area contributed by atoms with E-state index in [-0.39, 0.29) is 24.7 Å². The highest BCUT2D eigenvalue weighted by Gasteiger charge is 2.49. The maximum absolute atomic E-state index is 12.8. The topological polar surface area (TPSA) is 69.3 Å². The summed E-state index contributed by atoms with van der Waals surface area (Å²) in [5, 5.41) is 0. The third-order valence-corrected chi connectivity index (χ3v) is 7.07. The Morgan fingerprint density at radius 3 is 2.73 bits per heavy atom. The predicted octanol–water partition coefficient (Wildman–Crippen LogP) is 9.24. The van der Waals surface area contributed by atoms with Gasteiger partial charge < -0.3 is 9.53 Å². The van der Waals surface area contributed by atoms with Crippen molar-refractivity contribution in [3.8, 4) is 28.5 Å². The van der Waals surface area contributed by atoms with E-state index in [1.807, 2.05) is 43.3 Å². The van der Waals surface area contributed by atoms with Crippen molar-refractivity contribution in [1.29, 1.82) is 0 Å². The van der Waals surface area contributed by atoms with Gasteiger partial charge in [-0.05, 0) is 24.8 Å². The van der Waals surface area contributed by atoms with Gasteiger partial charge in [-0.2, -0.15) is 0 Å². The first-order valence-corrected chi connectivity index (χ1v) is 11.1. The molecule has 0 fully saturated rings. The quantitative estimate of drug-likeness (QED) is 0.312. The van der Waals surface area contributed by atoms with Crippen molar-refractivity contribution in [3.05, 3.63) is 83.1 Å². The summed E-state index contributed by atoms with van der Waals surface area (Å²) in [5.41, 5.74) is 4.40. The van der Waals surface area contributed by atoms with Crippen LogP contribution in [0.5, 0.6) is 5.88 Å². The molecule has 2 heterocycles. The molecule has 2 aliphatic rings. The van der Waals surface area contributed by atoms with Crippen molar-refractivity contribution in [2.24, 2.45) is 11.8 Å². The maximum Gasteiger partial charge on any atom is 0.226 e. The molecule has 6 heteroatoms. The molecular weight excluding hydrogens is 412 g/mol. The lowest BCUT2D eigenvalue weighted by atomic mass is 9.58. The molecule has 0 saturated heterocycles. The number of Topliss-reactive ketones (excluding diaryl/α,β-unsaturated/α-hetero) is 1. The summed E-state index contributed by atoms with van der Waals surface area (Å²) in [4.78, 5) is 30.6. The third kappa shape index (κ3) is 3.32. The highest BCUT2D eigenvalue weighted by atomic mass is 16.5. The van der Waals surface area contributed by atoms with Gasteiger partial charge in [-0.1, -0.05) is 50.3 Å². The zero-order valence-electron chi connectivity index (χ0n) is 50.9. The number of carbonyl (C=O) groups is 1. The van der Waals surface area contributed by atoms with Gasteiger partial charge in [-0.3, -0.25) is 0 Å². The van der Waals surface area contributed by atoms with E-state index in [0.717, 1.165) is 40.9 Å². The van der Waals surface area contributed by atoms with Crippen LogP contribution in [0, 0.1) is 18.4 Å². The minimum Gasteiger partial charge on any atom is -0.481 e. The Morgan fingerprint density at radius 2 is 2.00 bits per heavy atom. The van der Waals surface area contributed by atoms with Crippen molar-refractivity contribution < 1.29 is 58.5 Å². The second-order valence-corrected chi connectivity index (χ2v) is 8.90. The summed E-state index contributed by atoms with van der Waals surface area (Å²) in [6, 6.07) is 13.8. The molecule has 2 aliphatic carbocycles. The van der Waals surface area contributed by atoms with Crippen LogP contribution in [-0.4, -0.2) is 27.8 Å². The van der Waals surface area contributed by atoms with Crippen LogP contribution >= 0.6 is 0 Å². The number of benzene rings is 1. The van der Waals surface area contributed by atoms with E-state index in [9.17, 15) is 4.79 Å². The molecule has 198 valence electrons. The number of allylic oxidation sites excluding steroid dienone is 2. The number of ether oxygens (including phenoxy) is 1. The first kappa shape index (κ1) is 9.56. The summed E-state index contributed by atoms with van der Waals surface area (Å²) in [7, 11) is 1.58. The first-order valence-electron chi connectivity index (χ1n) is 27.1. The molecule has 33 heavy (non-hydrogen) atoms. The predicted molar refractivity (Wildman–Crippen MR) is 161 cm³/mol. The van der Waals surface area contributed by atoms with Gasteiger partial charge in [0.25, 0.3) is 0 Å². The molecule has 0 N–H and O–H groups in total. The van der Waals surface area contributed by atoms with Gasteiger partial charge in [0.15, 0.2) is 11.6 Å². The number of nitrogens with zero attached hydrogens (tertiary/aromatic N) is 4. The molecule has 3 atom stereocenters. The van der Waals surface area contributed by atoms with E-state index in [1.54, 1.807) is 13.3 Å². The monoisotopic (exact) mass is 537 g/mol. The van der Waals surface area contributed by atoms with Crippen molar-refractivity contribution in [2.75, 3.05) is 7.11 Å². The average molecular weight is 537 g/mol. The fourth-order valence-electron chi connectivity index (χ4n) is 5.37. The lowest BCUT2D eigenvalue weighted by molar-refractivity contribution is -0.121. The molecule has 6 nitrogen and oxygen atoms in total. The van der Waals surface area contributed by atoms with Crippen LogP contribution in [0.1, 0.15) is 80.5 Å². The van der Waals surface area contributed by atoms with Crippen LogP contribution in [0.15, 0.2) is 60.4 Å². The number of pyridine rings is 1. The van der Waals surface area contributed by atoms with Crippen molar-refractivity contribution in [2.45, 2.75) is 32.1 Å². The lowest BCUT2D eigenvalue weighted by Crippen LogP contribution is -2.46. The van der Waals surface area contributed by atoms with Crippen molar-refractivity contribution >= 4 is 5.78 Å². The summed E-state index contributed by atoms with van der Waals surface area (Å²) < 4.78 is 165. The number of methoxy groups -OCH3 is 1. The minimum atomic E-state index is -0.529. The lowest BCUT2D eigenvalue weighted by Gasteiger charge is -2.46. The summed E-state index contributed by atoms with van der Waals surface area (Å²) >= 11 is 0. The number of hydrogen-bond donors (Lipinski definition) is 0. The molecule has 0 amide bonds. The zero-order valence-corrected chi connectivity index (χ0v) is 18.9. The molecule has 1 aromatic carbocycles. The normalized spacial score (nSPS) is 27.6. The van der Waals surface area contributed by atoms with E-state index >= 15 is 0 Å². The van der Waals surface area contributed by atoms with Gasteiger partial charge in [0, 0.05) is 89.2 Å². The Balaban J connectivity index is -0.0000000661. The molecule has 0 spiro atoms. The molecule has 0 saturated carbocycles. The highest BCUT2D eigenvalue weighted by Crippen LogP contribution is 2.51. The third-order valence-electron chi connectivity index (χ3n) is 7.07. The molecule has 0 aliphatic heterocycles. The summed E-state index contributed by atoms with van der Waals surface area (Å²) in [6.45, 7) is 11.6. The SMILES string of the molecule is [3HH].[3H][3H].[3H][3H].[3H][3H].[3H][3H].[3H][3H].[3H][3H].[3H][3H].[3H][3H].[3H][3H].[3H][3H].[3H][3H].[3H][3H].[3H][3H].[3H][3H].[3H][3H].[3H][3H].[C-]#[N+]C1=C[C@@]2(C)c3nc(-c4ccnc(OC)c4)nc(-c4ccccc4)c3CC[C@@H]2[C@@H](C)C1=O. The minimum absolute atomic E-state index is 0. The van der Waals surface area contributed by atoms with Gasteiger partial charge in [-0.15, -0.1) is 0 Å². The number of hydrogen-bond acceptors (Lipinski definition) is 5. The van der Waals surface area contributed by atoms with E-state index in [2.05, 4.69) is 28.9 Å². The molecule has 3 aromatic rings. The number of fused-ring (bicyclic) bond motifs is 3. The fraction of sp³-hybridized carbons (Fsp3) is 0.296. The summed E-state index contributed by atoms with van der Waals surface area (Å²) in [5.74, 6) is 0.870. The Labute approximate surface area is 244 Å². The molecule has 5 rings (SSSR count). The fourth-order valence-corrected chi connectivity index (χ4v) is 5.37. The Bertz CT molecular complexity index is 1390. The molecule has 2 aromatic heterocycles. The van der Waals surface area contributed by atoms with E-state index in [1.165, 1.54) is 0 Å². The Morgan fingerprint density at radius 1 is 1.21 bits per heavy atom. The van der Waals surface area contributed by atoms with Crippen molar-refractivity contribution in [3.63, 3.8) is 0 Å². The van der Waals surface area contributed by atoms with Gasteiger partial charge in [-0.25, -0.2) is 19.8 Å². The average Bonchev–Trinajstić information content (AvgIpc) is 3.46. The van der Waals surface area contributed by atoms with Crippen LogP contribution in [-0.2, 0) is 16.6 Å². The van der Waals surface area contributed by atoms with Crippen molar-refractivity contribution in [1.82, 2.24) is 15.0 Å². The van der Waals surface area contributed by atoms with E-state index in [4.69, 9.17) is 68.8 Å². The van der Waals surface area contributed by atoms with E-state index < -0.39 is 5.41 Å². The zero-order chi connectivity index (χ0) is 55.2. The second kappa shape index (κ2) is 7.93. The van der Waals surface area contributed by atoms with Crippen LogP contribution in [0.2, 0.25) is 0 Å². The number of aromatic nitrogens is 3. The van der Waals surface area contributed by atoms with Crippen LogP contribution in [0.4, 0.5) is 0 Å².